The molecule has 3 nitrogen and oxygen atoms in total. The molecule has 0 saturated carbocycles. The SMILES string of the molecule is Cc1cccc(NC(=O)CNc2c(Cl)cccc2Cl)c1C. The van der Waals surface area contributed by atoms with Crippen molar-refractivity contribution < 1.29 is 4.79 Å². The summed E-state index contributed by atoms with van der Waals surface area (Å²) in [6, 6.07) is 11.0. The summed E-state index contributed by atoms with van der Waals surface area (Å²) in [5.74, 6) is -0.153. The Bertz CT molecular complexity index is 651. The van der Waals surface area contributed by atoms with Crippen molar-refractivity contribution in [2.45, 2.75) is 13.8 Å². The summed E-state index contributed by atoms with van der Waals surface area (Å²) in [5.41, 5.74) is 3.57. The maximum Gasteiger partial charge on any atom is 0.243 e. The highest BCUT2D eigenvalue weighted by Gasteiger charge is 2.09. The van der Waals surface area contributed by atoms with Gasteiger partial charge in [-0.05, 0) is 43.2 Å². The van der Waals surface area contributed by atoms with Gasteiger partial charge in [-0.1, -0.05) is 41.4 Å². The highest BCUT2D eigenvalue weighted by Crippen LogP contribution is 2.29. The summed E-state index contributed by atoms with van der Waals surface area (Å²) in [5, 5.41) is 6.81. The standard InChI is InChI=1S/C16H16Cl2N2O/c1-10-5-3-8-14(11(10)2)20-15(21)9-19-16-12(17)6-4-7-13(16)18/h3-8,19H,9H2,1-2H3,(H,20,21). The van der Waals surface area contributed by atoms with Gasteiger partial charge in [-0.3, -0.25) is 4.79 Å². The van der Waals surface area contributed by atoms with Crippen molar-refractivity contribution in [1.29, 1.82) is 0 Å². The number of rotatable bonds is 4. The predicted octanol–water partition coefficient (Wildman–Crippen LogP) is 4.66. The van der Waals surface area contributed by atoms with Gasteiger partial charge in [0.2, 0.25) is 5.91 Å². The first-order chi connectivity index (χ1) is 9.99. The van der Waals surface area contributed by atoms with Crippen molar-refractivity contribution >= 4 is 40.5 Å². The number of hydrogen-bond donors (Lipinski definition) is 2. The quantitative estimate of drug-likeness (QED) is 0.859. The van der Waals surface area contributed by atoms with Crippen LogP contribution >= 0.6 is 23.2 Å². The fourth-order valence-corrected chi connectivity index (χ4v) is 2.45. The molecule has 0 atom stereocenters. The first-order valence-corrected chi connectivity index (χ1v) is 7.28. The summed E-state index contributed by atoms with van der Waals surface area (Å²) < 4.78 is 0. The molecule has 1 amide bonds. The van der Waals surface area contributed by atoms with Crippen LogP contribution in [0.5, 0.6) is 0 Å². The highest BCUT2D eigenvalue weighted by atomic mass is 35.5. The van der Waals surface area contributed by atoms with Gasteiger partial charge in [0.15, 0.2) is 0 Å². The molecule has 2 rings (SSSR count). The maximum atomic E-state index is 12.0. The van der Waals surface area contributed by atoms with Crippen molar-refractivity contribution in [2.24, 2.45) is 0 Å². The molecule has 0 aromatic heterocycles. The molecule has 0 radical (unpaired) electrons. The van der Waals surface area contributed by atoms with Crippen LogP contribution in [0.4, 0.5) is 11.4 Å². The topological polar surface area (TPSA) is 41.1 Å². The fraction of sp³-hybridized carbons (Fsp3) is 0.188. The Kier molecular flexibility index (Phi) is 5.10. The Balaban J connectivity index is 2.01. The second-order valence-corrected chi connectivity index (χ2v) is 5.56. The van der Waals surface area contributed by atoms with Gasteiger partial charge >= 0.3 is 0 Å². The number of carbonyl (C=O) groups is 1. The lowest BCUT2D eigenvalue weighted by Crippen LogP contribution is -2.22. The number of benzene rings is 2. The zero-order valence-corrected chi connectivity index (χ0v) is 13.3. The molecule has 0 aliphatic heterocycles. The van der Waals surface area contributed by atoms with E-state index in [9.17, 15) is 4.79 Å². The van der Waals surface area contributed by atoms with Gasteiger partial charge in [-0.25, -0.2) is 0 Å². The third kappa shape index (κ3) is 3.90. The largest absolute Gasteiger partial charge is 0.374 e. The molecule has 0 unspecified atom stereocenters. The Morgan fingerprint density at radius 1 is 1.05 bits per heavy atom. The molecule has 0 bridgehead atoms. The van der Waals surface area contributed by atoms with Gasteiger partial charge in [0.1, 0.15) is 0 Å². The van der Waals surface area contributed by atoms with E-state index in [0.29, 0.717) is 15.7 Å². The molecule has 2 aromatic carbocycles. The summed E-state index contributed by atoms with van der Waals surface area (Å²) in [6.45, 7) is 4.08. The first-order valence-electron chi connectivity index (χ1n) is 6.53. The van der Waals surface area contributed by atoms with Crippen LogP contribution in [0.3, 0.4) is 0 Å². The second kappa shape index (κ2) is 6.83. The molecule has 21 heavy (non-hydrogen) atoms. The number of carbonyl (C=O) groups excluding carboxylic acids is 1. The number of nitrogens with one attached hydrogen (secondary N) is 2. The number of para-hydroxylation sites is 1. The third-order valence-corrected chi connectivity index (χ3v) is 3.90. The molecule has 0 spiro atoms. The Hall–Kier alpha value is -1.71. The minimum atomic E-state index is -0.153. The predicted molar refractivity (Wildman–Crippen MR) is 89.5 cm³/mol. The Labute approximate surface area is 134 Å². The average Bonchev–Trinajstić information content (AvgIpc) is 2.43. The summed E-state index contributed by atoms with van der Waals surface area (Å²) in [6.07, 6.45) is 0. The average molecular weight is 323 g/mol. The van der Waals surface area contributed by atoms with Crippen molar-refractivity contribution in [2.75, 3.05) is 17.2 Å². The number of aryl methyl sites for hydroxylation is 1. The lowest BCUT2D eigenvalue weighted by atomic mass is 10.1. The molecule has 2 N–H and O–H groups in total. The van der Waals surface area contributed by atoms with E-state index in [1.54, 1.807) is 18.2 Å². The summed E-state index contributed by atoms with van der Waals surface area (Å²) in [7, 11) is 0. The number of amides is 1. The lowest BCUT2D eigenvalue weighted by molar-refractivity contribution is -0.114. The van der Waals surface area contributed by atoms with Gasteiger partial charge in [0, 0.05) is 5.69 Å². The summed E-state index contributed by atoms with van der Waals surface area (Å²) in [4.78, 5) is 12.0. The molecule has 5 heteroatoms. The van der Waals surface area contributed by atoms with E-state index < -0.39 is 0 Å². The van der Waals surface area contributed by atoms with E-state index in [0.717, 1.165) is 16.8 Å². The number of anilines is 2. The number of hydrogen-bond acceptors (Lipinski definition) is 2. The fourth-order valence-electron chi connectivity index (χ4n) is 1.92. The lowest BCUT2D eigenvalue weighted by Gasteiger charge is -2.12. The molecule has 0 fully saturated rings. The monoisotopic (exact) mass is 322 g/mol. The van der Waals surface area contributed by atoms with E-state index in [2.05, 4.69) is 10.6 Å². The van der Waals surface area contributed by atoms with Crippen molar-refractivity contribution in [3.63, 3.8) is 0 Å². The van der Waals surface area contributed by atoms with Crippen LogP contribution in [-0.4, -0.2) is 12.5 Å². The van der Waals surface area contributed by atoms with E-state index in [1.165, 1.54) is 0 Å². The van der Waals surface area contributed by atoms with Crippen LogP contribution in [0.2, 0.25) is 10.0 Å². The van der Waals surface area contributed by atoms with Crippen LogP contribution in [0, 0.1) is 13.8 Å². The Morgan fingerprint density at radius 3 is 2.33 bits per heavy atom. The normalized spacial score (nSPS) is 10.3. The molecule has 0 aliphatic carbocycles. The molecular formula is C16H16Cl2N2O. The molecular weight excluding hydrogens is 307 g/mol. The van der Waals surface area contributed by atoms with Crippen molar-refractivity contribution in [1.82, 2.24) is 0 Å². The second-order valence-electron chi connectivity index (χ2n) is 4.75. The van der Waals surface area contributed by atoms with Gasteiger partial charge in [0.05, 0.1) is 22.3 Å². The highest BCUT2D eigenvalue weighted by molar-refractivity contribution is 6.39. The van der Waals surface area contributed by atoms with E-state index in [-0.39, 0.29) is 12.5 Å². The smallest absolute Gasteiger partial charge is 0.243 e. The molecule has 0 heterocycles. The Morgan fingerprint density at radius 2 is 1.67 bits per heavy atom. The molecule has 2 aromatic rings. The van der Waals surface area contributed by atoms with Crippen LogP contribution in [-0.2, 0) is 4.79 Å². The summed E-state index contributed by atoms with van der Waals surface area (Å²) >= 11 is 12.1. The minimum absolute atomic E-state index is 0.0941. The van der Waals surface area contributed by atoms with Crippen LogP contribution in [0.15, 0.2) is 36.4 Å². The van der Waals surface area contributed by atoms with Gasteiger partial charge < -0.3 is 10.6 Å². The van der Waals surface area contributed by atoms with E-state index >= 15 is 0 Å². The molecule has 0 saturated heterocycles. The maximum absolute atomic E-state index is 12.0. The first kappa shape index (κ1) is 15.7. The van der Waals surface area contributed by atoms with E-state index in [1.807, 2.05) is 32.0 Å². The van der Waals surface area contributed by atoms with E-state index in [4.69, 9.17) is 23.2 Å². The zero-order chi connectivity index (χ0) is 15.4. The van der Waals surface area contributed by atoms with Crippen molar-refractivity contribution in [3.8, 4) is 0 Å². The van der Waals surface area contributed by atoms with Crippen LogP contribution < -0.4 is 10.6 Å². The van der Waals surface area contributed by atoms with Gasteiger partial charge in [-0.15, -0.1) is 0 Å². The van der Waals surface area contributed by atoms with Gasteiger partial charge in [0.25, 0.3) is 0 Å². The molecule has 0 aliphatic rings. The van der Waals surface area contributed by atoms with Crippen LogP contribution in [0.25, 0.3) is 0 Å². The van der Waals surface area contributed by atoms with Gasteiger partial charge in [-0.2, -0.15) is 0 Å². The third-order valence-electron chi connectivity index (χ3n) is 3.27. The molecule has 110 valence electrons. The van der Waals surface area contributed by atoms with Crippen LogP contribution in [0.1, 0.15) is 11.1 Å². The number of halogens is 2. The van der Waals surface area contributed by atoms with Crippen molar-refractivity contribution in [3.05, 3.63) is 57.6 Å². The minimum Gasteiger partial charge on any atom is -0.374 e. The zero-order valence-electron chi connectivity index (χ0n) is 11.8.